The lowest BCUT2D eigenvalue weighted by Gasteiger charge is -2.31. The van der Waals surface area contributed by atoms with Gasteiger partial charge in [-0.15, -0.1) is 0 Å². The average Bonchev–Trinajstić information content (AvgIpc) is 2.26. The second-order valence-corrected chi connectivity index (χ2v) is 6.58. The summed E-state index contributed by atoms with van der Waals surface area (Å²) in [6, 6.07) is 5.85. The number of benzene rings is 1. The zero-order valence-electron chi connectivity index (χ0n) is 11.6. The Labute approximate surface area is 122 Å². The Bertz CT molecular complexity index is 449. The molecule has 0 fully saturated rings. The topological polar surface area (TPSA) is 72.5 Å². The van der Waals surface area contributed by atoms with E-state index in [0.717, 1.165) is 4.47 Å². The van der Waals surface area contributed by atoms with Crippen molar-refractivity contribution in [2.45, 2.75) is 44.9 Å². The van der Waals surface area contributed by atoms with Crippen LogP contribution in [0.4, 0.5) is 0 Å². The van der Waals surface area contributed by atoms with E-state index >= 15 is 0 Å². The third-order valence-electron chi connectivity index (χ3n) is 2.69. The fourth-order valence-electron chi connectivity index (χ4n) is 1.56. The number of aliphatic hydroxyl groups is 1. The van der Waals surface area contributed by atoms with E-state index in [1.807, 2.05) is 0 Å². The molecule has 0 amide bonds. The van der Waals surface area contributed by atoms with Gasteiger partial charge >= 0.3 is 5.97 Å². The number of carbonyl (C=O) groups is 1. The third kappa shape index (κ3) is 4.30. The summed E-state index contributed by atoms with van der Waals surface area (Å²) in [5, 5.41) is 10.5. The summed E-state index contributed by atoms with van der Waals surface area (Å²) >= 11 is 3.31. The highest BCUT2D eigenvalue weighted by Gasteiger charge is 2.38. The first kappa shape index (κ1) is 16.1. The summed E-state index contributed by atoms with van der Waals surface area (Å²) in [4.78, 5) is 11.9. The van der Waals surface area contributed by atoms with Gasteiger partial charge in [-0.1, -0.05) is 28.1 Å². The van der Waals surface area contributed by atoms with Crippen molar-refractivity contribution in [3.05, 3.63) is 34.3 Å². The van der Waals surface area contributed by atoms with Crippen LogP contribution in [0.15, 0.2) is 28.7 Å². The Hall–Kier alpha value is -0.910. The van der Waals surface area contributed by atoms with Crippen LogP contribution in [0.2, 0.25) is 0 Å². The molecule has 0 radical (unpaired) electrons. The molecule has 0 aliphatic heterocycles. The van der Waals surface area contributed by atoms with E-state index in [9.17, 15) is 9.90 Å². The molecule has 19 heavy (non-hydrogen) atoms. The zero-order valence-corrected chi connectivity index (χ0v) is 13.2. The number of rotatable bonds is 3. The molecule has 0 aliphatic carbocycles. The van der Waals surface area contributed by atoms with Gasteiger partial charge in [0.15, 0.2) is 0 Å². The molecule has 1 rings (SSSR count). The van der Waals surface area contributed by atoms with Crippen LogP contribution in [0.1, 0.15) is 33.3 Å². The van der Waals surface area contributed by atoms with Crippen LogP contribution in [0, 0.1) is 0 Å². The van der Waals surface area contributed by atoms with Crippen LogP contribution >= 0.6 is 15.9 Å². The molecule has 1 aromatic carbocycles. The largest absolute Gasteiger partial charge is 0.459 e. The summed E-state index contributed by atoms with van der Waals surface area (Å²) in [5.41, 5.74) is 4.28. The van der Waals surface area contributed by atoms with Crippen LogP contribution in [0.25, 0.3) is 0 Å². The van der Waals surface area contributed by atoms with Crippen molar-refractivity contribution < 1.29 is 14.6 Å². The van der Waals surface area contributed by atoms with Crippen LogP contribution in [0.3, 0.4) is 0 Å². The molecule has 0 aromatic heterocycles. The number of esters is 1. The SMILES string of the molecule is CC(C)(C)OC(=O)[C@H](N)[C@@](C)(O)c1ccc(Br)cc1. The molecule has 0 aliphatic rings. The lowest BCUT2D eigenvalue weighted by atomic mass is 9.88. The lowest BCUT2D eigenvalue weighted by Crippen LogP contribution is -2.51. The molecule has 4 nitrogen and oxygen atoms in total. The molecule has 5 heteroatoms. The van der Waals surface area contributed by atoms with Gasteiger partial charge in [-0.25, -0.2) is 0 Å². The second kappa shape index (κ2) is 5.61. The van der Waals surface area contributed by atoms with E-state index in [0.29, 0.717) is 5.56 Å². The Morgan fingerprint density at radius 2 is 1.74 bits per heavy atom. The maximum Gasteiger partial charge on any atom is 0.326 e. The fourth-order valence-corrected chi connectivity index (χ4v) is 1.83. The maximum atomic E-state index is 11.9. The number of nitrogens with two attached hydrogens (primary N) is 1. The Kier molecular flexibility index (Phi) is 4.76. The molecule has 0 spiro atoms. The standard InChI is InChI=1S/C14H20BrNO3/c1-13(2,3)19-12(17)11(16)14(4,18)9-5-7-10(15)8-6-9/h5-8,11,18H,16H2,1-4H3/t11-,14-/m0/s1. The van der Waals surface area contributed by atoms with Crippen LogP contribution in [-0.4, -0.2) is 22.7 Å². The zero-order chi connectivity index (χ0) is 14.8. The van der Waals surface area contributed by atoms with E-state index in [1.54, 1.807) is 45.0 Å². The summed E-state index contributed by atoms with van der Waals surface area (Å²) < 4.78 is 6.08. The Balaban J connectivity index is 2.93. The number of hydrogen-bond acceptors (Lipinski definition) is 4. The van der Waals surface area contributed by atoms with Crippen molar-refractivity contribution in [1.29, 1.82) is 0 Å². The summed E-state index contributed by atoms with van der Waals surface area (Å²) in [6.07, 6.45) is 0. The van der Waals surface area contributed by atoms with Gasteiger partial charge in [-0.2, -0.15) is 0 Å². The third-order valence-corrected chi connectivity index (χ3v) is 3.22. The number of ether oxygens (including phenoxy) is 1. The van der Waals surface area contributed by atoms with Crippen LogP contribution < -0.4 is 5.73 Å². The van der Waals surface area contributed by atoms with Gasteiger partial charge in [-0.05, 0) is 45.4 Å². The minimum absolute atomic E-state index is 0.564. The molecule has 0 unspecified atom stereocenters. The van der Waals surface area contributed by atoms with E-state index in [1.165, 1.54) is 6.92 Å². The van der Waals surface area contributed by atoms with Crippen molar-refractivity contribution in [3.63, 3.8) is 0 Å². The Morgan fingerprint density at radius 1 is 1.26 bits per heavy atom. The van der Waals surface area contributed by atoms with Gasteiger partial charge in [0.05, 0.1) is 0 Å². The average molecular weight is 330 g/mol. The highest BCUT2D eigenvalue weighted by Crippen LogP contribution is 2.26. The molecular weight excluding hydrogens is 310 g/mol. The molecule has 2 atom stereocenters. The monoisotopic (exact) mass is 329 g/mol. The van der Waals surface area contributed by atoms with E-state index in [-0.39, 0.29) is 0 Å². The number of halogens is 1. The molecule has 0 saturated heterocycles. The lowest BCUT2D eigenvalue weighted by molar-refractivity contribution is -0.163. The number of carbonyl (C=O) groups excluding carboxylic acids is 1. The van der Waals surface area contributed by atoms with Gasteiger partial charge in [0.1, 0.15) is 17.2 Å². The molecule has 1 aromatic rings. The predicted octanol–water partition coefficient (Wildman–Crippen LogP) is 2.33. The first-order valence-electron chi connectivity index (χ1n) is 6.01. The summed E-state index contributed by atoms with van der Waals surface area (Å²) in [5.74, 6) is -0.625. The van der Waals surface area contributed by atoms with Gasteiger partial charge in [0.2, 0.25) is 0 Å². The molecule has 0 heterocycles. The normalized spacial score (nSPS) is 16.6. The van der Waals surface area contributed by atoms with E-state index in [2.05, 4.69) is 15.9 Å². The van der Waals surface area contributed by atoms with Crippen molar-refractivity contribution >= 4 is 21.9 Å². The first-order chi connectivity index (χ1) is 8.54. The van der Waals surface area contributed by atoms with Crippen molar-refractivity contribution in [3.8, 4) is 0 Å². The highest BCUT2D eigenvalue weighted by molar-refractivity contribution is 9.10. The molecule has 106 valence electrons. The van der Waals surface area contributed by atoms with Gasteiger partial charge < -0.3 is 15.6 Å². The van der Waals surface area contributed by atoms with Crippen molar-refractivity contribution in [2.24, 2.45) is 5.73 Å². The van der Waals surface area contributed by atoms with E-state index < -0.39 is 23.2 Å². The van der Waals surface area contributed by atoms with Gasteiger partial charge in [0.25, 0.3) is 0 Å². The minimum Gasteiger partial charge on any atom is -0.459 e. The van der Waals surface area contributed by atoms with Crippen LogP contribution in [0.5, 0.6) is 0 Å². The summed E-state index contributed by atoms with van der Waals surface area (Å²) in [6.45, 7) is 6.77. The van der Waals surface area contributed by atoms with Crippen molar-refractivity contribution in [2.75, 3.05) is 0 Å². The predicted molar refractivity (Wildman–Crippen MR) is 77.5 cm³/mol. The Morgan fingerprint density at radius 3 is 2.16 bits per heavy atom. The smallest absolute Gasteiger partial charge is 0.326 e. The first-order valence-corrected chi connectivity index (χ1v) is 6.80. The number of hydrogen-bond donors (Lipinski definition) is 2. The second-order valence-electron chi connectivity index (χ2n) is 5.67. The van der Waals surface area contributed by atoms with Crippen molar-refractivity contribution in [1.82, 2.24) is 0 Å². The molecule has 0 bridgehead atoms. The molecule has 3 N–H and O–H groups in total. The molecule has 0 saturated carbocycles. The maximum absolute atomic E-state index is 11.9. The van der Waals surface area contributed by atoms with Crippen LogP contribution in [-0.2, 0) is 15.1 Å². The van der Waals surface area contributed by atoms with Gasteiger partial charge in [-0.3, -0.25) is 4.79 Å². The summed E-state index contributed by atoms with van der Waals surface area (Å²) in [7, 11) is 0. The molecular formula is C14H20BrNO3. The van der Waals surface area contributed by atoms with E-state index in [4.69, 9.17) is 10.5 Å². The minimum atomic E-state index is -1.48. The van der Waals surface area contributed by atoms with Gasteiger partial charge in [0, 0.05) is 4.47 Å². The fraction of sp³-hybridized carbons (Fsp3) is 0.500. The quantitative estimate of drug-likeness (QED) is 0.835. The highest BCUT2D eigenvalue weighted by atomic mass is 79.9.